The second kappa shape index (κ2) is 5.17. The predicted octanol–water partition coefficient (Wildman–Crippen LogP) is 1.59. The van der Waals surface area contributed by atoms with Gasteiger partial charge in [-0.1, -0.05) is 36.1 Å². The minimum Gasteiger partial charge on any atom is -0.392 e. The average molecular weight is 158 g/mol. The van der Waals surface area contributed by atoms with Crippen molar-refractivity contribution in [2.75, 3.05) is 6.61 Å². The Labute approximate surface area is 72.4 Å². The molecule has 1 heteroatoms. The Bertz CT molecular complexity index is 301. The van der Waals surface area contributed by atoms with E-state index in [0.29, 0.717) is 0 Å². The van der Waals surface area contributed by atoms with Crippen LogP contribution in [0.4, 0.5) is 0 Å². The number of benzene rings is 1. The molecule has 1 aromatic carbocycles. The molecule has 0 atom stereocenters. The van der Waals surface area contributed by atoms with Crippen LogP contribution >= 0.6 is 0 Å². The molecular formula is C11H10O. The summed E-state index contributed by atoms with van der Waals surface area (Å²) in [5.74, 6) is 5.74. The first kappa shape index (κ1) is 8.58. The molecule has 0 unspecified atom stereocenters. The lowest BCUT2D eigenvalue weighted by Gasteiger charge is -1.84. The van der Waals surface area contributed by atoms with Crippen LogP contribution in [-0.4, -0.2) is 11.7 Å². The molecule has 0 aromatic heterocycles. The summed E-state index contributed by atoms with van der Waals surface area (Å²) in [6.07, 6.45) is 3.25. The number of aliphatic hydroxyl groups excluding tert-OH is 1. The number of aliphatic hydroxyl groups is 1. The zero-order valence-corrected chi connectivity index (χ0v) is 6.70. The molecule has 0 fully saturated rings. The minimum atomic E-state index is 0.0451. The van der Waals surface area contributed by atoms with Crippen molar-refractivity contribution < 1.29 is 5.11 Å². The van der Waals surface area contributed by atoms with Crippen molar-refractivity contribution in [2.24, 2.45) is 0 Å². The van der Waals surface area contributed by atoms with Crippen LogP contribution in [0.15, 0.2) is 42.5 Å². The van der Waals surface area contributed by atoms with Gasteiger partial charge in [-0.3, -0.25) is 0 Å². The molecule has 1 N–H and O–H groups in total. The molecule has 1 nitrogen and oxygen atoms in total. The third kappa shape index (κ3) is 3.05. The Morgan fingerprint density at radius 2 is 2.00 bits per heavy atom. The fourth-order valence-corrected chi connectivity index (χ4v) is 0.758. The van der Waals surface area contributed by atoms with E-state index in [2.05, 4.69) is 11.8 Å². The van der Waals surface area contributed by atoms with Gasteiger partial charge in [0.1, 0.15) is 0 Å². The van der Waals surface area contributed by atoms with Crippen molar-refractivity contribution in [3.63, 3.8) is 0 Å². The summed E-state index contributed by atoms with van der Waals surface area (Å²) in [7, 11) is 0. The lowest BCUT2D eigenvalue weighted by Crippen LogP contribution is -1.70. The number of rotatable bonds is 1. The molecule has 12 heavy (non-hydrogen) atoms. The molecule has 0 aliphatic carbocycles. The summed E-state index contributed by atoms with van der Waals surface area (Å²) in [5.41, 5.74) is 0.986. The summed E-state index contributed by atoms with van der Waals surface area (Å²) in [4.78, 5) is 0. The molecule has 0 aliphatic heterocycles. The van der Waals surface area contributed by atoms with Crippen molar-refractivity contribution >= 4 is 0 Å². The maximum Gasteiger partial charge on any atom is 0.0621 e. The second-order valence-corrected chi connectivity index (χ2v) is 2.22. The van der Waals surface area contributed by atoms with Crippen LogP contribution in [0, 0.1) is 11.8 Å². The fourth-order valence-electron chi connectivity index (χ4n) is 0.758. The molecule has 0 amide bonds. The minimum absolute atomic E-state index is 0.0451. The van der Waals surface area contributed by atoms with Crippen molar-refractivity contribution in [1.29, 1.82) is 0 Å². The van der Waals surface area contributed by atoms with Crippen LogP contribution < -0.4 is 0 Å². The van der Waals surface area contributed by atoms with E-state index in [9.17, 15) is 0 Å². The average Bonchev–Trinajstić information content (AvgIpc) is 2.14. The molecule has 1 rings (SSSR count). The molecule has 0 saturated carbocycles. The zero-order valence-electron chi connectivity index (χ0n) is 6.70. The third-order valence-corrected chi connectivity index (χ3v) is 1.30. The van der Waals surface area contributed by atoms with Gasteiger partial charge in [0.2, 0.25) is 0 Å². The van der Waals surface area contributed by atoms with Crippen LogP contribution in [0.3, 0.4) is 0 Å². The van der Waals surface area contributed by atoms with Crippen LogP contribution in [0.5, 0.6) is 0 Å². The lowest BCUT2D eigenvalue weighted by atomic mass is 10.2. The number of hydrogen-bond acceptors (Lipinski definition) is 1. The van der Waals surface area contributed by atoms with E-state index < -0.39 is 0 Å². The molecule has 0 radical (unpaired) electrons. The highest BCUT2D eigenvalue weighted by atomic mass is 16.2. The molecule has 0 aliphatic rings. The Morgan fingerprint density at radius 3 is 2.67 bits per heavy atom. The highest BCUT2D eigenvalue weighted by Gasteiger charge is 1.78. The smallest absolute Gasteiger partial charge is 0.0621 e. The zero-order chi connectivity index (χ0) is 8.65. The third-order valence-electron chi connectivity index (χ3n) is 1.30. The predicted molar refractivity (Wildman–Crippen MR) is 49.5 cm³/mol. The lowest BCUT2D eigenvalue weighted by molar-refractivity contribution is 0.343. The van der Waals surface area contributed by atoms with Gasteiger partial charge >= 0.3 is 0 Å². The van der Waals surface area contributed by atoms with Gasteiger partial charge in [0.05, 0.1) is 6.61 Å². The highest BCUT2D eigenvalue weighted by Crippen LogP contribution is 1.94. The monoisotopic (exact) mass is 158 g/mol. The Kier molecular flexibility index (Phi) is 3.70. The Hall–Kier alpha value is -1.52. The van der Waals surface area contributed by atoms with Crippen LogP contribution in [0.2, 0.25) is 0 Å². The van der Waals surface area contributed by atoms with Gasteiger partial charge in [0.15, 0.2) is 0 Å². The number of allylic oxidation sites excluding steroid dienone is 1. The van der Waals surface area contributed by atoms with E-state index in [-0.39, 0.29) is 6.61 Å². The maximum absolute atomic E-state index is 8.41. The van der Waals surface area contributed by atoms with Crippen molar-refractivity contribution in [2.45, 2.75) is 0 Å². The van der Waals surface area contributed by atoms with Crippen LogP contribution in [0.25, 0.3) is 0 Å². The van der Waals surface area contributed by atoms with E-state index in [4.69, 9.17) is 5.11 Å². The summed E-state index contributed by atoms with van der Waals surface area (Å²) < 4.78 is 0. The first-order chi connectivity index (χ1) is 5.93. The van der Waals surface area contributed by atoms with Gasteiger partial charge in [0.25, 0.3) is 0 Å². The molecule has 0 spiro atoms. The largest absolute Gasteiger partial charge is 0.392 e. The van der Waals surface area contributed by atoms with Gasteiger partial charge in [-0.15, -0.1) is 0 Å². The Balaban J connectivity index is 2.61. The van der Waals surface area contributed by atoms with Gasteiger partial charge in [0, 0.05) is 5.56 Å². The molecule has 1 aromatic rings. The standard InChI is InChI=1S/C11H10O/c12-10-6-2-5-9-11-7-3-1-4-8-11/h1-4,6-8,12H,10H2/b6-2+. The van der Waals surface area contributed by atoms with Gasteiger partial charge in [-0.05, 0) is 18.2 Å². The quantitative estimate of drug-likeness (QED) is 0.615. The van der Waals surface area contributed by atoms with Crippen LogP contribution in [-0.2, 0) is 0 Å². The summed E-state index contributed by atoms with van der Waals surface area (Å²) in [6, 6.07) is 9.73. The van der Waals surface area contributed by atoms with E-state index in [1.54, 1.807) is 12.2 Å². The fraction of sp³-hybridized carbons (Fsp3) is 0.0909. The molecule has 0 bridgehead atoms. The molecule has 0 heterocycles. The maximum atomic E-state index is 8.41. The molecular weight excluding hydrogens is 148 g/mol. The van der Waals surface area contributed by atoms with Crippen LogP contribution in [0.1, 0.15) is 5.56 Å². The van der Waals surface area contributed by atoms with E-state index in [1.807, 2.05) is 30.3 Å². The van der Waals surface area contributed by atoms with E-state index >= 15 is 0 Å². The normalized spacial score (nSPS) is 9.42. The van der Waals surface area contributed by atoms with Crippen molar-refractivity contribution in [1.82, 2.24) is 0 Å². The summed E-state index contributed by atoms with van der Waals surface area (Å²) >= 11 is 0. The summed E-state index contributed by atoms with van der Waals surface area (Å²) in [5, 5.41) is 8.41. The SMILES string of the molecule is OC/C=C/C#Cc1ccccc1. The van der Waals surface area contributed by atoms with Gasteiger partial charge in [-0.2, -0.15) is 0 Å². The summed E-state index contributed by atoms with van der Waals surface area (Å²) in [6.45, 7) is 0.0451. The first-order valence-electron chi connectivity index (χ1n) is 3.76. The Morgan fingerprint density at radius 1 is 1.25 bits per heavy atom. The first-order valence-corrected chi connectivity index (χ1v) is 3.76. The van der Waals surface area contributed by atoms with Gasteiger partial charge in [-0.25, -0.2) is 0 Å². The number of hydrogen-bond donors (Lipinski definition) is 1. The topological polar surface area (TPSA) is 20.2 Å². The van der Waals surface area contributed by atoms with E-state index in [0.717, 1.165) is 5.56 Å². The van der Waals surface area contributed by atoms with Crippen molar-refractivity contribution in [3.8, 4) is 11.8 Å². The van der Waals surface area contributed by atoms with E-state index in [1.165, 1.54) is 0 Å². The van der Waals surface area contributed by atoms with Gasteiger partial charge < -0.3 is 5.11 Å². The highest BCUT2D eigenvalue weighted by molar-refractivity contribution is 5.36. The molecule has 60 valence electrons. The molecule has 0 saturated heterocycles. The van der Waals surface area contributed by atoms with Crippen molar-refractivity contribution in [3.05, 3.63) is 48.0 Å². The second-order valence-electron chi connectivity index (χ2n) is 2.22.